The second-order valence-corrected chi connectivity index (χ2v) is 7.25. The molecule has 0 aliphatic rings. The van der Waals surface area contributed by atoms with Crippen LogP contribution >= 0.6 is 22.9 Å². The SMILES string of the molecule is CCN(CC(=O)NCc1cccs1)C(=O)CCNC(=O)c1ccc(Cl)cc1. The Kier molecular flexibility index (Phi) is 8.29. The molecule has 2 rings (SSSR count). The van der Waals surface area contributed by atoms with Crippen molar-refractivity contribution in [2.24, 2.45) is 0 Å². The summed E-state index contributed by atoms with van der Waals surface area (Å²) in [6.45, 7) is 2.91. The monoisotopic (exact) mass is 407 g/mol. The third-order valence-electron chi connectivity index (χ3n) is 3.84. The highest BCUT2D eigenvalue weighted by Crippen LogP contribution is 2.09. The summed E-state index contributed by atoms with van der Waals surface area (Å²) >= 11 is 7.36. The van der Waals surface area contributed by atoms with Crippen molar-refractivity contribution in [3.63, 3.8) is 0 Å². The Balaban J connectivity index is 1.72. The molecule has 0 bridgehead atoms. The maximum atomic E-state index is 12.3. The fourth-order valence-electron chi connectivity index (χ4n) is 2.35. The number of halogens is 1. The molecular formula is C19H22ClN3O3S. The number of thiophene rings is 1. The zero-order chi connectivity index (χ0) is 19.6. The second-order valence-electron chi connectivity index (χ2n) is 5.78. The topological polar surface area (TPSA) is 78.5 Å². The van der Waals surface area contributed by atoms with E-state index < -0.39 is 0 Å². The van der Waals surface area contributed by atoms with Crippen LogP contribution in [-0.2, 0) is 16.1 Å². The van der Waals surface area contributed by atoms with Crippen LogP contribution in [0.5, 0.6) is 0 Å². The molecule has 8 heteroatoms. The highest BCUT2D eigenvalue weighted by molar-refractivity contribution is 7.09. The molecule has 1 heterocycles. The number of hydrogen-bond acceptors (Lipinski definition) is 4. The van der Waals surface area contributed by atoms with Gasteiger partial charge in [0.2, 0.25) is 11.8 Å². The van der Waals surface area contributed by atoms with Crippen LogP contribution in [0.1, 0.15) is 28.6 Å². The van der Waals surface area contributed by atoms with Crippen molar-refractivity contribution in [3.8, 4) is 0 Å². The number of carbonyl (C=O) groups excluding carboxylic acids is 3. The molecule has 2 N–H and O–H groups in total. The number of hydrogen-bond donors (Lipinski definition) is 2. The lowest BCUT2D eigenvalue weighted by molar-refractivity contribution is -0.135. The minimum absolute atomic E-state index is 0.00579. The Hall–Kier alpha value is -2.38. The van der Waals surface area contributed by atoms with Crippen LogP contribution in [0.25, 0.3) is 0 Å². The van der Waals surface area contributed by atoms with Gasteiger partial charge in [0.25, 0.3) is 5.91 Å². The van der Waals surface area contributed by atoms with Gasteiger partial charge in [0.05, 0.1) is 13.1 Å². The third-order valence-corrected chi connectivity index (χ3v) is 4.97. The predicted octanol–water partition coefficient (Wildman–Crippen LogP) is 2.69. The molecule has 0 radical (unpaired) electrons. The van der Waals surface area contributed by atoms with Crippen molar-refractivity contribution in [2.45, 2.75) is 19.9 Å². The number of amides is 3. The minimum Gasteiger partial charge on any atom is -0.352 e. The van der Waals surface area contributed by atoms with Gasteiger partial charge < -0.3 is 15.5 Å². The molecular weight excluding hydrogens is 386 g/mol. The van der Waals surface area contributed by atoms with Crippen LogP contribution < -0.4 is 10.6 Å². The van der Waals surface area contributed by atoms with E-state index in [1.807, 2.05) is 24.4 Å². The van der Waals surface area contributed by atoms with Crippen LogP contribution in [0, 0.1) is 0 Å². The van der Waals surface area contributed by atoms with Gasteiger partial charge in [-0.2, -0.15) is 0 Å². The molecule has 27 heavy (non-hydrogen) atoms. The fourth-order valence-corrected chi connectivity index (χ4v) is 3.12. The molecule has 0 atom stereocenters. The number of rotatable bonds is 9. The summed E-state index contributed by atoms with van der Waals surface area (Å²) in [5.41, 5.74) is 0.479. The number of benzene rings is 1. The largest absolute Gasteiger partial charge is 0.352 e. The first-order chi connectivity index (χ1) is 13.0. The lowest BCUT2D eigenvalue weighted by Gasteiger charge is -2.20. The van der Waals surface area contributed by atoms with Crippen LogP contribution in [-0.4, -0.2) is 42.3 Å². The predicted molar refractivity (Wildman–Crippen MR) is 107 cm³/mol. The molecule has 0 aliphatic heterocycles. The molecule has 144 valence electrons. The van der Waals surface area contributed by atoms with Crippen molar-refractivity contribution < 1.29 is 14.4 Å². The van der Waals surface area contributed by atoms with Crippen molar-refractivity contribution in [2.75, 3.05) is 19.6 Å². The van der Waals surface area contributed by atoms with E-state index in [9.17, 15) is 14.4 Å². The average molecular weight is 408 g/mol. The molecule has 1 aromatic carbocycles. The lowest BCUT2D eigenvalue weighted by atomic mass is 10.2. The van der Waals surface area contributed by atoms with E-state index in [0.29, 0.717) is 23.7 Å². The van der Waals surface area contributed by atoms with E-state index in [-0.39, 0.29) is 37.2 Å². The smallest absolute Gasteiger partial charge is 0.251 e. The number of nitrogens with one attached hydrogen (secondary N) is 2. The summed E-state index contributed by atoms with van der Waals surface area (Å²) in [6.07, 6.45) is 0.130. The molecule has 0 saturated carbocycles. The minimum atomic E-state index is -0.267. The fraction of sp³-hybridized carbons (Fsp3) is 0.316. The Morgan fingerprint density at radius 2 is 1.85 bits per heavy atom. The number of nitrogens with zero attached hydrogens (tertiary/aromatic N) is 1. The zero-order valence-electron chi connectivity index (χ0n) is 15.0. The summed E-state index contributed by atoms with van der Waals surface area (Å²) in [6, 6.07) is 10.4. The van der Waals surface area contributed by atoms with Gasteiger partial charge in [-0.15, -0.1) is 11.3 Å². The van der Waals surface area contributed by atoms with Gasteiger partial charge in [0, 0.05) is 35.0 Å². The summed E-state index contributed by atoms with van der Waals surface area (Å²) in [7, 11) is 0. The van der Waals surface area contributed by atoms with Gasteiger partial charge in [0.1, 0.15) is 0 Å². The molecule has 2 aromatic rings. The number of likely N-dealkylation sites (N-methyl/N-ethyl adjacent to an activating group) is 1. The van der Waals surface area contributed by atoms with Crippen molar-refractivity contribution in [1.82, 2.24) is 15.5 Å². The van der Waals surface area contributed by atoms with E-state index >= 15 is 0 Å². The van der Waals surface area contributed by atoms with E-state index in [1.165, 1.54) is 4.90 Å². The van der Waals surface area contributed by atoms with Crippen molar-refractivity contribution >= 4 is 40.7 Å². The van der Waals surface area contributed by atoms with Gasteiger partial charge >= 0.3 is 0 Å². The highest BCUT2D eigenvalue weighted by atomic mass is 35.5. The van der Waals surface area contributed by atoms with Crippen LogP contribution in [0.4, 0.5) is 0 Å². The van der Waals surface area contributed by atoms with Gasteiger partial charge in [-0.25, -0.2) is 0 Å². The molecule has 0 fully saturated rings. The summed E-state index contributed by atoms with van der Waals surface area (Å²) in [4.78, 5) is 38.8. The average Bonchev–Trinajstić information content (AvgIpc) is 3.18. The Labute approximate surface area is 167 Å². The quantitative estimate of drug-likeness (QED) is 0.670. The molecule has 0 saturated heterocycles. The summed E-state index contributed by atoms with van der Waals surface area (Å²) in [5, 5.41) is 8.00. The first kappa shape index (κ1) is 20.9. The summed E-state index contributed by atoms with van der Waals surface area (Å²) in [5.74, 6) is -0.653. The van der Waals surface area contributed by atoms with Gasteiger partial charge in [-0.1, -0.05) is 17.7 Å². The highest BCUT2D eigenvalue weighted by Gasteiger charge is 2.16. The molecule has 6 nitrogen and oxygen atoms in total. The van der Waals surface area contributed by atoms with Crippen molar-refractivity contribution in [3.05, 3.63) is 57.2 Å². The first-order valence-corrected chi connectivity index (χ1v) is 9.86. The van der Waals surface area contributed by atoms with Gasteiger partial charge in [-0.05, 0) is 42.6 Å². The van der Waals surface area contributed by atoms with Gasteiger partial charge in [0.15, 0.2) is 0 Å². The first-order valence-electron chi connectivity index (χ1n) is 8.60. The maximum absolute atomic E-state index is 12.3. The van der Waals surface area contributed by atoms with E-state index in [4.69, 9.17) is 11.6 Å². The zero-order valence-corrected chi connectivity index (χ0v) is 16.6. The Bertz CT molecular complexity index is 763. The maximum Gasteiger partial charge on any atom is 0.251 e. The number of carbonyl (C=O) groups is 3. The van der Waals surface area contributed by atoms with E-state index in [2.05, 4.69) is 10.6 Å². The Morgan fingerprint density at radius 3 is 2.48 bits per heavy atom. The normalized spacial score (nSPS) is 10.3. The van der Waals surface area contributed by atoms with E-state index in [1.54, 1.807) is 35.6 Å². The second kappa shape index (κ2) is 10.7. The third kappa shape index (κ3) is 7.03. The summed E-state index contributed by atoms with van der Waals surface area (Å²) < 4.78 is 0. The molecule has 0 unspecified atom stereocenters. The Morgan fingerprint density at radius 1 is 1.11 bits per heavy atom. The van der Waals surface area contributed by atoms with E-state index in [0.717, 1.165) is 4.88 Å². The van der Waals surface area contributed by atoms with Crippen molar-refractivity contribution in [1.29, 1.82) is 0 Å². The lowest BCUT2D eigenvalue weighted by Crippen LogP contribution is -2.41. The standard InChI is InChI=1S/C19H22ClN3O3S/c1-2-23(13-17(24)22-12-16-4-3-11-27-16)18(25)9-10-21-19(26)14-5-7-15(20)8-6-14/h3-8,11H,2,9-10,12-13H2,1H3,(H,21,26)(H,22,24). The van der Waals surface area contributed by atoms with Crippen LogP contribution in [0.2, 0.25) is 5.02 Å². The molecule has 0 aliphatic carbocycles. The van der Waals surface area contributed by atoms with Crippen LogP contribution in [0.3, 0.4) is 0 Å². The molecule has 3 amide bonds. The molecule has 1 aromatic heterocycles. The van der Waals surface area contributed by atoms with Crippen LogP contribution in [0.15, 0.2) is 41.8 Å². The van der Waals surface area contributed by atoms with Gasteiger partial charge in [-0.3, -0.25) is 14.4 Å². The molecule has 0 spiro atoms.